The monoisotopic (exact) mass is 294 g/mol. The zero-order valence-electron chi connectivity index (χ0n) is 12.4. The molecule has 0 aromatic heterocycles. The molecule has 3 N–H and O–H groups in total. The van der Waals surface area contributed by atoms with Gasteiger partial charge in [0.25, 0.3) is 11.6 Å². The normalized spacial score (nSPS) is 23.3. The third kappa shape index (κ3) is 3.77. The number of nitrogens with one attached hydrogen (secondary N) is 3. The summed E-state index contributed by atoms with van der Waals surface area (Å²) >= 11 is 0. The number of piperazine rings is 1. The van der Waals surface area contributed by atoms with Crippen LogP contribution in [0.2, 0.25) is 0 Å². The lowest BCUT2D eigenvalue weighted by Crippen LogP contribution is -3.29. The van der Waals surface area contributed by atoms with E-state index in [1.807, 2.05) is 6.92 Å². The van der Waals surface area contributed by atoms with Crippen LogP contribution in [0, 0.1) is 10.1 Å². The van der Waals surface area contributed by atoms with Gasteiger partial charge in [0.1, 0.15) is 31.9 Å². The van der Waals surface area contributed by atoms with Crippen LogP contribution in [0.15, 0.2) is 24.3 Å². The number of carbonyl (C=O) groups is 1. The zero-order valence-corrected chi connectivity index (χ0v) is 12.4. The lowest BCUT2D eigenvalue weighted by Gasteiger charge is -2.30. The van der Waals surface area contributed by atoms with Crippen LogP contribution in [0.25, 0.3) is 0 Å². The molecule has 1 fully saturated rings. The van der Waals surface area contributed by atoms with Gasteiger partial charge >= 0.3 is 0 Å². The Kier molecular flexibility index (Phi) is 4.87. The first-order valence-corrected chi connectivity index (χ1v) is 7.19. The molecule has 1 aromatic rings. The predicted octanol–water partition coefficient (Wildman–Crippen LogP) is -1.66. The van der Waals surface area contributed by atoms with Crippen LogP contribution in [-0.2, 0) is 4.79 Å². The summed E-state index contributed by atoms with van der Waals surface area (Å²) in [5.74, 6) is -0.168. The third-order valence-electron chi connectivity index (χ3n) is 4.11. The molecule has 0 unspecified atom stereocenters. The molecule has 114 valence electrons. The highest BCUT2D eigenvalue weighted by Gasteiger charge is 2.30. The van der Waals surface area contributed by atoms with Gasteiger partial charge in [-0.25, -0.2) is 0 Å². The quantitative estimate of drug-likeness (QED) is 0.459. The van der Waals surface area contributed by atoms with Gasteiger partial charge in [-0.3, -0.25) is 14.9 Å². The third-order valence-corrected chi connectivity index (χ3v) is 4.11. The van der Waals surface area contributed by atoms with Crippen molar-refractivity contribution in [2.24, 2.45) is 0 Å². The summed E-state index contributed by atoms with van der Waals surface area (Å²) < 4.78 is 0. The van der Waals surface area contributed by atoms with Crippen molar-refractivity contribution in [1.29, 1.82) is 0 Å². The molecule has 1 amide bonds. The number of nitro groups is 1. The number of rotatable bonds is 4. The van der Waals surface area contributed by atoms with Crippen molar-refractivity contribution in [3.8, 4) is 0 Å². The Labute approximate surface area is 123 Å². The van der Waals surface area contributed by atoms with E-state index in [9.17, 15) is 14.9 Å². The average Bonchev–Trinajstić information content (AvgIpc) is 2.47. The first-order valence-electron chi connectivity index (χ1n) is 7.19. The second kappa shape index (κ2) is 6.64. The van der Waals surface area contributed by atoms with Crippen molar-refractivity contribution < 1.29 is 19.5 Å². The molecule has 1 atom stereocenters. The van der Waals surface area contributed by atoms with Crippen molar-refractivity contribution in [3.05, 3.63) is 34.4 Å². The molecule has 0 aliphatic carbocycles. The summed E-state index contributed by atoms with van der Waals surface area (Å²) in [6, 6.07) is 6.02. The summed E-state index contributed by atoms with van der Waals surface area (Å²) in [4.78, 5) is 25.5. The van der Waals surface area contributed by atoms with Gasteiger partial charge in [-0.1, -0.05) is 12.1 Å². The minimum atomic E-state index is -0.480. The van der Waals surface area contributed by atoms with Crippen molar-refractivity contribution in [2.75, 3.05) is 38.5 Å². The molecule has 1 aromatic carbocycles. The van der Waals surface area contributed by atoms with Crippen molar-refractivity contribution in [1.82, 2.24) is 0 Å². The van der Waals surface area contributed by atoms with Crippen LogP contribution in [0.4, 0.5) is 11.4 Å². The minimum absolute atomic E-state index is 0.0733. The highest BCUT2D eigenvalue weighted by Crippen LogP contribution is 2.22. The standard InChI is InChI=1S/C14H20N4O3/c1-11(17-9-7-16(2)8-10-17)14(19)15-12-5-3-4-6-13(12)18(20)21/h3-6,11H,7-10H2,1-2H3,(H,15,19)/p+2/t11-/m1/s1. The molecule has 1 aliphatic rings. The fourth-order valence-corrected chi connectivity index (χ4v) is 2.60. The molecule has 0 radical (unpaired) electrons. The largest absolute Gasteiger partial charge is 0.328 e. The Morgan fingerprint density at radius 2 is 1.90 bits per heavy atom. The fourth-order valence-electron chi connectivity index (χ4n) is 2.60. The minimum Gasteiger partial charge on any atom is -0.328 e. The fraction of sp³-hybridized carbons (Fsp3) is 0.500. The maximum absolute atomic E-state index is 12.3. The Bertz CT molecular complexity index is 527. The number of nitrogens with zero attached hydrogens (tertiary/aromatic N) is 1. The summed E-state index contributed by atoms with van der Waals surface area (Å²) in [7, 11) is 2.15. The van der Waals surface area contributed by atoms with Crippen molar-refractivity contribution in [3.63, 3.8) is 0 Å². The van der Waals surface area contributed by atoms with E-state index < -0.39 is 4.92 Å². The average molecular weight is 294 g/mol. The van der Waals surface area contributed by atoms with E-state index in [4.69, 9.17) is 0 Å². The zero-order chi connectivity index (χ0) is 15.4. The van der Waals surface area contributed by atoms with E-state index in [1.54, 1.807) is 18.2 Å². The molecule has 1 heterocycles. The molecule has 1 aliphatic heterocycles. The van der Waals surface area contributed by atoms with Gasteiger partial charge in [0, 0.05) is 6.07 Å². The predicted molar refractivity (Wildman–Crippen MR) is 78.5 cm³/mol. The van der Waals surface area contributed by atoms with Gasteiger partial charge in [-0.2, -0.15) is 0 Å². The topological polar surface area (TPSA) is 81.1 Å². The SMILES string of the molecule is C[C@H](C(=O)Nc1ccccc1[N+](=O)[O-])[NH+]1CC[NH+](C)CC1. The maximum atomic E-state index is 12.3. The molecular formula is C14H22N4O3+2. The van der Waals surface area contributed by atoms with E-state index >= 15 is 0 Å². The van der Waals surface area contributed by atoms with Gasteiger partial charge in [-0.05, 0) is 13.0 Å². The first kappa shape index (κ1) is 15.4. The number of para-hydroxylation sites is 2. The summed E-state index contributed by atoms with van der Waals surface area (Å²) in [6.45, 7) is 5.84. The molecular weight excluding hydrogens is 272 g/mol. The van der Waals surface area contributed by atoms with Crippen LogP contribution in [-0.4, -0.2) is 50.1 Å². The van der Waals surface area contributed by atoms with Gasteiger partial charge in [-0.15, -0.1) is 0 Å². The second-order valence-corrected chi connectivity index (χ2v) is 5.60. The van der Waals surface area contributed by atoms with E-state index in [1.165, 1.54) is 15.9 Å². The number of nitro benzene ring substituents is 1. The molecule has 21 heavy (non-hydrogen) atoms. The smallest absolute Gasteiger partial charge is 0.292 e. The van der Waals surface area contributed by atoms with Crippen LogP contribution >= 0.6 is 0 Å². The number of quaternary nitrogens is 2. The molecule has 0 spiro atoms. The molecule has 0 bridgehead atoms. The molecule has 7 nitrogen and oxygen atoms in total. The maximum Gasteiger partial charge on any atom is 0.292 e. The van der Waals surface area contributed by atoms with Gasteiger partial charge in [0.05, 0.1) is 12.0 Å². The van der Waals surface area contributed by atoms with E-state index in [-0.39, 0.29) is 23.3 Å². The summed E-state index contributed by atoms with van der Waals surface area (Å²) in [5.41, 5.74) is 0.189. The number of amides is 1. The molecule has 0 saturated carbocycles. The Morgan fingerprint density at radius 3 is 2.52 bits per heavy atom. The molecule has 1 saturated heterocycles. The second-order valence-electron chi connectivity index (χ2n) is 5.60. The van der Waals surface area contributed by atoms with Crippen molar-refractivity contribution in [2.45, 2.75) is 13.0 Å². The Morgan fingerprint density at radius 1 is 1.29 bits per heavy atom. The van der Waals surface area contributed by atoms with Crippen molar-refractivity contribution >= 4 is 17.3 Å². The van der Waals surface area contributed by atoms with Gasteiger partial charge < -0.3 is 15.1 Å². The van der Waals surface area contributed by atoms with E-state index in [0.29, 0.717) is 0 Å². The number of benzene rings is 1. The van der Waals surface area contributed by atoms with Gasteiger partial charge in [0.2, 0.25) is 0 Å². The number of hydrogen-bond donors (Lipinski definition) is 3. The Balaban J connectivity index is 2.03. The lowest BCUT2D eigenvalue weighted by molar-refractivity contribution is -1.01. The summed E-state index contributed by atoms with van der Waals surface area (Å²) in [5, 5.41) is 13.6. The van der Waals surface area contributed by atoms with Crippen LogP contribution < -0.4 is 15.1 Å². The van der Waals surface area contributed by atoms with Crippen LogP contribution in [0.1, 0.15) is 6.92 Å². The highest BCUT2D eigenvalue weighted by atomic mass is 16.6. The first-order chi connectivity index (χ1) is 9.99. The number of carbonyl (C=O) groups excluding carboxylic acids is 1. The summed E-state index contributed by atoms with van der Waals surface area (Å²) in [6.07, 6.45) is 0. The highest BCUT2D eigenvalue weighted by molar-refractivity contribution is 5.95. The molecule has 7 heteroatoms. The number of hydrogen-bond acceptors (Lipinski definition) is 3. The van der Waals surface area contributed by atoms with Crippen LogP contribution in [0.5, 0.6) is 0 Å². The van der Waals surface area contributed by atoms with Crippen LogP contribution in [0.3, 0.4) is 0 Å². The Hall–Kier alpha value is -1.99. The number of anilines is 1. The van der Waals surface area contributed by atoms with Gasteiger partial charge in [0.15, 0.2) is 6.04 Å². The number of likely N-dealkylation sites (N-methyl/N-ethyl adjacent to an activating group) is 1. The molecule has 2 rings (SSSR count). The van der Waals surface area contributed by atoms with E-state index in [2.05, 4.69) is 12.4 Å². The van der Waals surface area contributed by atoms with E-state index in [0.717, 1.165) is 26.2 Å². The lowest BCUT2D eigenvalue weighted by atomic mass is 10.2.